The summed E-state index contributed by atoms with van der Waals surface area (Å²) in [7, 11) is 0. The molecular formula is C56H39N3O. The molecule has 10 aromatic rings. The summed E-state index contributed by atoms with van der Waals surface area (Å²) >= 11 is 0. The van der Waals surface area contributed by atoms with E-state index in [1.807, 2.05) is 18.2 Å². The Morgan fingerprint density at radius 3 is 1.97 bits per heavy atom. The molecule has 0 aliphatic heterocycles. The first-order valence-electron chi connectivity index (χ1n) is 20.8. The Morgan fingerprint density at radius 1 is 0.467 bits per heavy atom. The highest BCUT2D eigenvalue weighted by Gasteiger charge is 2.35. The first kappa shape index (κ1) is 34.6. The second-order valence-electron chi connectivity index (χ2n) is 16.7. The lowest BCUT2D eigenvalue weighted by molar-refractivity contribution is 0.660. The minimum Gasteiger partial charge on any atom is -0.455 e. The molecule has 0 unspecified atom stereocenters. The van der Waals surface area contributed by atoms with Gasteiger partial charge in [0.05, 0.1) is 0 Å². The van der Waals surface area contributed by atoms with E-state index in [2.05, 4.69) is 172 Å². The normalized spacial score (nSPS) is 13.8. The number of para-hydroxylation sites is 1. The molecular weight excluding hydrogens is 731 g/mol. The molecule has 2 aliphatic carbocycles. The highest BCUT2D eigenvalue weighted by Crippen LogP contribution is 2.50. The smallest absolute Gasteiger partial charge is 0.164 e. The molecule has 0 radical (unpaired) electrons. The molecule has 12 rings (SSSR count). The highest BCUT2D eigenvalue weighted by molar-refractivity contribution is 6.23. The van der Waals surface area contributed by atoms with E-state index in [0.29, 0.717) is 17.5 Å². The summed E-state index contributed by atoms with van der Waals surface area (Å²) < 4.78 is 6.99. The standard InChI is InChI=1S/C56H39N3O/c1-56(2)48-22-11-10-18-43(48)44-30-29-40(32-49(44)56)41-20-12-21-46-51-45-19-9-8-17-42(45)47(33-50(51)60-52(41)46)55-58-53(36-14-4-3-5-15-36)57-54(59-55)37-26-23-35(24-27-37)39-28-25-34-13-6-7-16-38(34)31-39/h3-5,7-12,14-33H,6,13H2,1-2H3. The van der Waals surface area contributed by atoms with E-state index in [0.717, 1.165) is 78.9 Å². The third-order valence-corrected chi connectivity index (χ3v) is 12.8. The van der Waals surface area contributed by atoms with Crippen LogP contribution >= 0.6 is 0 Å². The summed E-state index contributed by atoms with van der Waals surface area (Å²) in [5, 5.41) is 4.33. The van der Waals surface area contributed by atoms with Gasteiger partial charge in [0, 0.05) is 38.4 Å². The lowest BCUT2D eigenvalue weighted by atomic mass is 9.81. The molecule has 0 N–H and O–H groups in total. The van der Waals surface area contributed by atoms with Crippen LogP contribution in [-0.2, 0) is 11.8 Å². The van der Waals surface area contributed by atoms with Gasteiger partial charge in [0.1, 0.15) is 11.2 Å². The Kier molecular flexibility index (Phi) is 7.67. The second kappa shape index (κ2) is 13.3. The van der Waals surface area contributed by atoms with E-state index in [4.69, 9.17) is 19.4 Å². The molecule has 4 heteroatoms. The number of aryl methyl sites for hydroxylation is 1. The van der Waals surface area contributed by atoms with Gasteiger partial charge >= 0.3 is 0 Å². The average Bonchev–Trinajstić information content (AvgIpc) is 3.80. The fraction of sp³-hybridized carbons (Fsp3) is 0.0893. The number of aromatic nitrogens is 3. The molecule has 2 aliphatic rings. The Morgan fingerprint density at radius 2 is 1.12 bits per heavy atom. The van der Waals surface area contributed by atoms with Crippen LogP contribution in [0.3, 0.4) is 0 Å². The van der Waals surface area contributed by atoms with Crippen molar-refractivity contribution < 1.29 is 4.42 Å². The van der Waals surface area contributed by atoms with Crippen molar-refractivity contribution in [1.29, 1.82) is 0 Å². The molecule has 0 spiro atoms. The number of fused-ring (bicyclic) bond motifs is 9. The summed E-state index contributed by atoms with van der Waals surface area (Å²) in [4.78, 5) is 15.5. The zero-order valence-electron chi connectivity index (χ0n) is 33.4. The van der Waals surface area contributed by atoms with Crippen LogP contribution < -0.4 is 0 Å². The van der Waals surface area contributed by atoms with Gasteiger partial charge in [-0.2, -0.15) is 0 Å². The molecule has 0 bridgehead atoms. The lowest BCUT2D eigenvalue weighted by Crippen LogP contribution is -2.14. The fourth-order valence-corrected chi connectivity index (χ4v) is 9.71. The summed E-state index contributed by atoms with van der Waals surface area (Å²) in [6.45, 7) is 4.66. The molecule has 2 heterocycles. The van der Waals surface area contributed by atoms with Gasteiger partial charge in [-0.15, -0.1) is 0 Å². The van der Waals surface area contributed by atoms with Crippen molar-refractivity contribution in [2.45, 2.75) is 32.1 Å². The molecule has 0 saturated heterocycles. The number of benzene rings is 8. The number of rotatable bonds is 5. The highest BCUT2D eigenvalue weighted by atomic mass is 16.3. The predicted octanol–water partition coefficient (Wildman–Crippen LogP) is 14.5. The van der Waals surface area contributed by atoms with E-state index in [1.165, 1.54) is 38.9 Å². The van der Waals surface area contributed by atoms with E-state index < -0.39 is 0 Å². The molecule has 60 heavy (non-hydrogen) atoms. The van der Waals surface area contributed by atoms with Crippen molar-refractivity contribution in [1.82, 2.24) is 15.0 Å². The predicted molar refractivity (Wildman–Crippen MR) is 247 cm³/mol. The molecule has 2 aromatic heterocycles. The quantitative estimate of drug-likeness (QED) is 0.175. The minimum atomic E-state index is -0.0991. The van der Waals surface area contributed by atoms with Crippen molar-refractivity contribution in [3.63, 3.8) is 0 Å². The van der Waals surface area contributed by atoms with Gasteiger partial charge < -0.3 is 4.42 Å². The molecule has 0 amide bonds. The number of furan rings is 1. The van der Waals surface area contributed by atoms with E-state index in [-0.39, 0.29) is 5.41 Å². The van der Waals surface area contributed by atoms with Crippen molar-refractivity contribution in [2.24, 2.45) is 0 Å². The largest absolute Gasteiger partial charge is 0.455 e. The van der Waals surface area contributed by atoms with Gasteiger partial charge in [-0.05, 0) is 91.9 Å². The van der Waals surface area contributed by atoms with Crippen LogP contribution in [0.15, 0.2) is 174 Å². The summed E-state index contributed by atoms with van der Waals surface area (Å²) in [6.07, 6.45) is 6.71. The van der Waals surface area contributed by atoms with Gasteiger partial charge in [-0.3, -0.25) is 0 Å². The lowest BCUT2D eigenvalue weighted by Gasteiger charge is -2.22. The van der Waals surface area contributed by atoms with Crippen LogP contribution in [0.2, 0.25) is 0 Å². The Labute approximate surface area is 348 Å². The minimum absolute atomic E-state index is 0.0991. The van der Waals surface area contributed by atoms with Crippen LogP contribution in [0.5, 0.6) is 0 Å². The second-order valence-corrected chi connectivity index (χ2v) is 16.7. The third kappa shape index (κ3) is 5.41. The van der Waals surface area contributed by atoms with Crippen LogP contribution in [0, 0.1) is 0 Å². The van der Waals surface area contributed by atoms with Crippen molar-refractivity contribution in [2.75, 3.05) is 0 Å². The van der Waals surface area contributed by atoms with E-state index in [1.54, 1.807) is 0 Å². The van der Waals surface area contributed by atoms with Gasteiger partial charge in [0.15, 0.2) is 17.5 Å². The van der Waals surface area contributed by atoms with Gasteiger partial charge in [-0.25, -0.2) is 15.0 Å². The number of allylic oxidation sites excluding steroid dienone is 1. The Hall–Kier alpha value is -7.43. The number of hydrogen-bond donors (Lipinski definition) is 0. The maximum absolute atomic E-state index is 6.99. The summed E-state index contributed by atoms with van der Waals surface area (Å²) in [6, 6.07) is 58.4. The maximum Gasteiger partial charge on any atom is 0.164 e. The average molecular weight is 770 g/mol. The van der Waals surface area contributed by atoms with Crippen LogP contribution in [0.25, 0.3) is 106 Å². The topological polar surface area (TPSA) is 51.8 Å². The van der Waals surface area contributed by atoms with Gasteiger partial charge in [-0.1, -0.05) is 172 Å². The first-order chi connectivity index (χ1) is 29.5. The van der Waals surface area contributed by atoms with Crippen LogP contribution in [0.1, 0.15) is 42.5 Å². The first-order valence-corrected chi connectivity index (χ1v) is 20.8. The number of hydrogen-bond acceptors (Lipinski definition) is 4. The molecule has 4 nitrogen and oxygen atoms in total. The zero-order chi connectivity index (χ0) is 40.0. The van der Waals surface area contributed by atoms with E-state index >= 15 is 0 Å². The molecule has 0 fully saturated rings. The van der Waals surface area contributed by atoms with Gasteiger partial charge in [0.2, 0.25) is 0 Å². The monoisotopic (exact) mass is 769 g/mol. The summed E-state index contributed by atoms with van der Waals surface area (Å²) in [5.41, 5.74) is 17.0. The Balaban J connectivity index is 1.01. The molecule has 284 valence electrons. The maximum atomic E-state index is 6.99. The van der Waals surface area contributed by atoms with Crippen molar-refractivity contribution in [3.05, 3.63) is 192 Å². The fourth-order valence-electron chi connectivity index (χ4n) is 9.71. The zero-order valence-corrected chi connectivity index (χ0v) is 33.4. The molecule has 0 atom stereocenters. The molecule has 8 aromatic carbocycles. The number of nitrogens with zero attached hydrogens (tertiary/aromatic N) is 3. The van der Waals surface area contributed by atoms with Crippen LogP contribution in [-0.4, -0.2) is 15.0 Å². The van der Waals surface area contributed by atoms with Crippen molar-refractivity contribution in [3.8, 4) is 67.5 Å². The third-order valence-electron chi connectivity index (χ3n) is 12.8. The van der Waals surface area contributed by atoms with Gasteiger partial charge in [0.25, 0.3) is 0 Å². The summed E-state index contributed by atoms with van der Waals surface area (Å²) in [5.74, 6) is 1.85. The van der Waals surface area contributed by atoms with E-state index in [9.17, 15) is 0 Å². The van der Waals surface area contributed by atoms with Crippen LogP contribution in [0.4, 0.5) is 0 Å². The molecule has 0 saturated carbocycles. The Bertz CT molecular complexity index is 3390. The SMILES string of the molecule is CC1(C)c2ccccc2-c2ccc(-c3cccc4c3oc3cc(-c5nc(-c6ccccc6)nc(-c6ccc(-c7ccc8c(c7)C=CCC8)cc6)n5)c5ccccc5c34)cc21. The van der Waals surface area contributed by atoms with Crippen molar-refractivity contribution >= 4 is 38.8 Å².